The minimum Gasteiger partial charge on any atom is -0.506 e. The Bertz CT molecular complexity index is 1280. The van der Waals surface area contributed by atoms with Crippen molar-refractivity contribution in [3.63, 3.8) is 0 Å². The number of aromatic hydroxyl groups is 1. The number of fused-ring (bicyclic) bond motifs is 1. The summed E-state index contributed by atoms with van der Waals surface area (Å²) in [5.41, 5.74) is 2.02. The zero-order valence-corrected chi connectivity index (χ0v) is 24.1. The summed E-state index contributed by atoms with van der Waals surface area (Å²) in [4.78, 5) is 29.0. The van der Waals surface area contributed by atoms with E-state index in [2.05, 4.69) is 15.6 Å². The summed E-state index contributed by atoms with van der Waals surface area (Å²) >= 11 is 13.4. The number of phenolic OH excluding ortho intramolecular Hbond substituents is 1. The third kappa shape index (κ3) is 8.69. The summed E-state index contributed by atoms with van der Waals surface area (Å²) in [6, 6.07) is 8.99. The van der Waals surface area contributed by atoms with Crippen molar-refractivity contribution >= 4 is 50.7 Å². The van der Waals surface area contributed by atoms with Gasteiger partial charge in [-0.25, -0.2) is 0 Å². The summed E-state index contributed by atoms with van der Waals surface area (Å²) in [6.07, 6.45) is 1.75. The molecule has 8 nitrogen and oxygen atoms in total. The molecule has 208 valence electrons. The molecule has 2 aromatic carbocycles. The Balaban J connectivity index is 1.45. The fourth-order valence-corrected chi connectivity index (χ4v) is 5.45. The number of amides is 1. The van der Waals surface area contributed by atoms with E-state index in [9.17, 15) is 19.8 Å². The zero-order chi connectivity index (χ0) is 27.7. The maximum absolute atomic E-state index is 13.0. The Kier molecular flexibility index (Phi) is 11.4. The van der Waals surface area contributed by atoms with E-state index in [-0.39, 0.29) is 23.1 Å². The molecule has 0 aliphatic heterocycles. The van der Waals surface area contributed by atoms with E-state index in [1.54, 1.807) is 17.0 Å². The second-order valence-corrected chi connectivity index (χ2v) is 11.8. The van der Waals surface area contributed by atoms with Crippen LogP contribution in [0.1, 0.15) is 31.4 Å². The standard InChI is InChI=1S/C27H36Cl2N4O4S/c1-27(2,17-34)16-33(22(36)10-13-30-11-8-18-4-3-5-20(28)23(18)29)15-14-31-12-9-19-6-7-21(35)24-25(19)38-26(37)32-24/h3-7,30-31,34-35H,8-17H2,1-2H3,(H,32,37). The normalized spacial score (nSPS) is 11.8. The minimum absolute atomic E-state index is 0.0146. The summed E-state index contributed by atoms with van der Waals surface area (Å²) in [5, 5.41) is 27.5. The molecule has 0 unspecified atom stereocenters. The molecule has 3 aromatic rings. The molecule has 11 heteroatoms. The largest absolute Gasteiger partial charge is 0.506 e. The lowest BCUT2D eigenvalue weighted by molar-refractivity contribution is -0.132. The van der Waals surface area contributed by atoms with Crippen LogP contribution in [0.2, 0.25) is 10.0 Å². The predicted molar refractivity (Wildman–Crippen MR) is 156 cm³/mol. The Morgan fingerprint density at radius 1 is 1.05 bits per heavy atom. The number of aromatic nitrogens is 1. The van der Waals surface area contributed by atoms with Crippen LogP contribution in [-0.4, -0.2) is 71.9 Å². The van der Waals surface area contributed by atoms with E-state index >= 15 is 0 Å². The van der Waals surface area contributed by atoms with Crippen molar-refractivity contribution in [3.05, 3.63) is 61.2 Å². The lowest BCUT2D eigenvalue weighted by Crippen LogP contribution is -2.44. The fraction of sp³-hybridized carbons (Fsp3) is 0.481. The summed E-state index contributed by atoms with van der Waals surface area (Å²) in [7, 11) is 0. The molecule has 5 N–H and O–H groups in total. The number of hydrogen-bond donors (Lipinski definition) is 5. The van der Waals surface area contributed by atoms with Gasteiger partial charge in [-0.1, -0.05) is 66.6 Å². The van der Waals surface area contributed by atoms with E-state index in [1.807, 2.05) is 32.0 Å². The van der Waals surface area contributed by atoms with Crippen molar-refractivity contribution < 1.29 is 15.0 Å². The van der Waals surface area contributed by atoms with E-state index in [4.69, 9.17) is 23.2 Å². The average Bonchev–Trinajstić information content (AvgIpc) is 3.29. The van der Waals surface area contributed by atoms with Crippen molar-refractivity contribution in [2.75, 3.05) is 45.9 Å². The van der Waals surface area contributed by atoms with E-state index in [0.29, 0.717) is 74.1 Å². The van der Waals surface area contributed by atoms with E-state index in [1.165, 1.54) is 0 Å². The number of halogens is 2. The second-order valence-electron chi connectivity index (χ2n) is 10.1. The number of thiazole rings is 1. The van der Waals surface area contributed by atoms with Gasteiger partial charge in [0.15, 0.2) is 0 Å². The van der Waals surface area contributed by atoms with Crippen LogP contribution in [0.4, 0.5) is 0 Å². The number of carbonyl (C=O) groups is 1. The van der Waals surface area contributed by atoms with Gasteiger partial charge in [0, 0.05) is 44.6 Å². The summed E-state index contributed by atoms with van der Waals surface area (Å²) in [6.45, 7) is 7.30. The van der Waals surface area contributed by atoms with Crippen LogP contribution in [0, 0.1) is 5.41 Å². The van der Waals surface area contributed by atoms with Gasteiger partial charge in [-0.2, -0.15) is 0 Å². The van der Waals surface area contributed by atoms with Gasteiger partial charge in [0.25, 0.3) is 0 Å². The number of aromatic amines is 1. The highest BCUT2D eigenvalue weighted by Gasteiger charge is 2.24. The number of carbonyl (C=O) groups excluding carboxylic acids is 1. The molecule has 0 saturated carbocycles. The molecule has 0 aliphatic carbocycles. The molecular weight excluding hydrogens is 547 g/mol. The Morgan fingerprint density at radius 3 is 2.50 bits per heavy atom. The van der Waals surface area contributed by atoms with Gasteiger partial charge >= 0.3 is 4.87 Å². The molecule has 0 radical (unpaired) electrons. The van der Waals surface area contributed by atoms with Crippen LogP contribution in [0.25, 0.3) is 10.2 Å². The highest BCUT2D eigenvalue weighted by molar-refractivity contribution is 7.16. The van der Waals surface area contributed by atoms with Gasteiger partial charge in [0.1, 0.15) is 11.3 Å². The molecule has 0 saturated heterocycles. The highest BCUT2D eigenvalue weighted by atomic mass is 35.5. The number of rotatable bonds is 15. The molecule has 1 amide bonds. The van der Waals surface area contributed by atoms with Crippen LogP contribution >= 0.6 is 34.5 Å². The second kappa shape index (κ2) is 14.3. The van der Waals surface area contributed by atoms with Crippen LogP contribution in [-0.2, 0) is 17.6 Å². The lowest BCUT2D eigenvalue weighted by Gasteiger charge is -2.31. The molecule has 0 bridgehead atoms. The van der Waals surface area contributed by atoms with Gasteiger partial charge in [-0.3, -0.25) is 9.59 Å². The Morgan fingerprint density at radius 2 is 1.76 bits per heavy atom. The number of nitrogens with zero attached hydrogens (tertiary/aromatic N) is 1. The van der Waals surface area contributed by atoms with Gasteiger partial charge in [-0.05, 0) is 49.2 Å². The number of phenols is 1. The Labute approximate surface area is 237 Å². The van der Waals surface area contributed by atoms with Gasteiger partial charge in [-0.15, -0.1) is 0 Å². The molecule has 1 aromatic heterocycles. The van der Waals surface area contributed by atoms with Crippen LogP contribution in [0.3, 0.4) is 0 Å². The fourth-order valence-electron chi connectivity index (χ4n) is 4.13. The van der Waals surface area contributed by atoms with Crippen LogP contribution in [0.5, 0.6) is 5.75 Å². The molecule has 3 rings (SSSR count). The summed E-state index contributed by atoms with van der Waals surface area (Å²) < 4.78 is 0.767. The number of nitrogens with one attached hydrogen (secondary N) is 3. The zero-order valence-electron chi connectivity index (χ0n) is 21.8. The predicted octanol–water partition coefficient (Wildman–Crippen LogP) is 3.80. The number of aliphatic hydroxyl groups excluding tert-OH is 1. The first-order valence-corrected chi connectivity index (χ1v) is 14.2. The van der Waals surface area contributed by atoms with Crippen LogP contribution in [0.15, 0.2) is 35.1 Å². The van der Waals surface area contributed by atoms with Gasteiger partial charge < -0.3 is 30.7 Å². The topological polar surface area (TPSA) is 118 Å². The van der Waals surface area contributed by atoms with Crippen LogP contribution < -0.4 is 15.5 Å². The quantitative estimate of drug-likeness (QED) is 0.174. The molecule has 0 fully saturated rings. The Hall–Kier alpha value is -2.14. The first kappa shape index (κ1) is 30.4. The SMILES string of the molecule is CC(C)(CO)CN(CCNCCc1ccc(O)c2[nH]c(=O)sc12)C(=O)CCNCCc1cccc(Cl)c1Cl. The van der Waals surface area contributed by atoms with Gasteiger partial charge in [0.05, 0.1) is 14.7 Å². The molecule has 38 heavy (non-hydrogen) atoms. The number of H-pyrrole nitrogens is 1. The maximum atomic E-state index is 13.0. The van der Waals surface area contributed by atoms with E-state index in [0.717, 1.165) is 27.2 Å². The molecule has 1 heterocycles. The van der Waals surface area contributed by atoms with Gasteiger partial charge in [0.2, 0.25) is 5.91 Å². The number of benzene rings is 2. The molecular formula is C27H36Cl2N4O4S. The molecule has 0 spiro atoms. The first-order chi connectivity index (χ1) is 18.1. The minimum atomic E-state index is -0.407. The smallest absolute Gasteiger partial charge is 0.305 e. The third-order valence-electron chi connectivity index (χ3n) is 6.29. The van der Waals surface area contributed by atoms with Crippen molar-refractivity contribution in [2.45, 2.75) is 33.1 Å². The highest BCUT2D eigenvalue weighted by Crippen LogP contribution is 2.28. The van der Waals surface area contributed by atoms with Crippen molar-refractivity contribution in [1.82, 2.24) is 20.5 Å². The van der Waals surface area contributed by atoms with Crippen molar-refractivity contribution in [2.24, 2.45) is 5.41 Å². The maximum Gasteiger partial charge on any atom is 0.305 e. The average molecular weight is 584 g/mol. The lowest BCUT2D eigenvalue weighted by atomic mass is 9.94. The van der Waals surface area contributed by atoms with E-state index < -0.39 is 5.41 Å². The first-order valence-electron chi connectivity index (χ1n) is 12.7. The van der Waals surface area contributed by atoms with Crippen molar-refractivity contribution in [1.29, 1.82) is 0 Å². The third-order valence-corrected chi connectivity index (χ3v) is 8.10. The van der Waals surface area contributed by atoms with Crippen molar-refractivity contribution in [3.8, 4) is 5.75 Å². The number of aliphatic hydroxyl groups is 1. The molecule has 0 atom stereocenters. The monoisotopic (exact) mass is 582 g/mol. The molecule has 0 aliphatic rings. The number of hydrogen-bond acceptors (Lipinski definition) is 7. The summed E-state index contributed by atoms with van der Waals surface area (Å²) in [5.74, 6) is 0.0948.